The number of nitrogens with zero attached hydrogens (tertiary/aromatic N) is 4. The standard InChI is InChI=1S/C34H21N4O.Pt/c39-31-14-6-3-9-23(31)22-16-17-26-24-10-1-4-12-28(24)37(30(26)21-22)33-19-18-27-25-11-2-5-13-29(25)38(34(27)36-33)32-15-7-8-20-35-32;/h1-20,39H;/q-1;. The Kier molecular flexibility index (Phi) is 5.76. The molecule has 0 bridgehead atoms. The Balaban J connectivity index is 0.00000264. The number of aromatic nitrogens is 4. The third kappa shape index (κ3) is 3.59. The van der Waals surface area contributed by atoms with E-state index in [1.807, 2.05) is 60.8 Å². The number of phenols is 1. The van der Waals surface area contributed by atoms with Crippen LogP contribution in [0.15, 0.2) is 121 Å². The van der Waals surface area contributed by atoms with Crippen LogP contribution < -0.4 is 0 Å². The summed E-state index contributed by atoms with van der Waals surface area (Å²) in [6.07, 6.45) is 1.81. The smallest absolute Gasteiger partial charge is 0.149 e. The zero-order valence-electron chi connectivity index (χ0n) is 21.1. The minimum atomic E-state index is 0. The van der Waals surface area contributed by atoms with Crippen molar-refractivity contribution in [2.45, 2.75) is 0 Å². The van der Waals surface area contributed by atoms with Gasteiger partial charge in [0.1, 0.15) is 17.3 Å². The molecule has 0 unspecified atom stereocenters. The maximum absolute atomic E-state index is 10.5. The number of pyridine rings is 2. The quantitative estimate of drug-likeness (QED) is 0.192. The van der Waals surface area contributed by atoms with Gasteiger partial charge >= 0.3 is 0 Å². The van der Waals surface area contributed by atoms with E-state index in [1.54, 1.807) is 6.07 Å². The van der Waals surface area contributed by atoms with Crippen molar-refractivity contribution < 1.29 is 26.2 Å². The molecule has 0 radical (unpaired) electrons. The molecule has 4 heterocycles. The van der Waals surface area contributed by atoms with Crippen LogP contribution in [0.5, 0.6) is 5.75 Å². The van der Waals surface area contributed by atoms with Crippen LogP contribution in [0.4, 0.5) is 0 Å². The van der Waals surface area contributed by atoms with Gasteiger partial charge in [0.15, 0.2) is 0 Å². The van der Waals surface area contributed by atoms with E-state index in [4.69, 9.17) is 4.98 Å². The zero-order chi connectivity index (χ0) is 25.9. The molecule has 0 aliphatic rings. The van der Waals surface area contributed by atoms with Crippen LogP contribution in [0.2, 0.25) is 0 Å². The molecular weight excluding hydrogens is 675 g/mol. The van der Waals surface area contributed by atoms with Gasteiger partial charge in [-0.25, -0.2) is 9.97 Å². The molecule has 194 valence electrons. The van der Waals surface area contributed by atoms with Gasteiger partial charge in [-0.1, -0.05) is 71.6 Å². The molecule has 4 aromatic carbocycles. The summed E-state index contributed by atoms with van der Waals surface area (Å²) in [5.74, 6) is 1.85. The van der Waals surface area contributed by atoms with E-state index in [0.29, 0.717) is 0 Å². The molecule has 4 aromatic heterocycles. The second-order valence-corrected chi connectivity index (χ2v) is 9.59. The van der Waals surface area contributed by atoms with Gasteiger partial charge in [-0.2, -0.15) is 0 Å². The summed E-state index contributed by atoms with van der Waals surface area (Å²) in [6.45, 7) is 0. The van der Waals surface area contributed by atoms with E-state index in [9.17, 15) is 5.11 Å². The van der Waals surface area contributed by atoms with Crippen LogP contribution in [-0.4, -0.2) is 24.2 Å². The predicted octanol–water partition coefficient (Wildman–Crippen LogP) is 7.84. The zero-order valence-corrected chi connectivity index (χ0v) is 23.4. The Morgan fingerprint density at radius 2 is 1.25 bits per heavy atom. The summed E-state index contributed by atoms with van der Waals surface area (Å²) >= 11 is 0. The summed E-state index contributed by atoms with van der Waals surface area (Å²) in [5, 5.41) is 14.9. The van der Waals surface area contributed by atoms with Gasteiger partial charge < -0.3 is 9.67 Å². The van der Waals surface area contributed by atoms with Gasteiger partial charge in [0, 0.05) is 43.6 Å². The fourth-order valence-electron chi connectivity index (χ4n) is 5.66. The number of phenolic OH excluding ortho intramolecular Hbond substituents is 1. The Labute approximate surface area is 244 Å². The first kappa shape index (κ1) is 24.3. The summed E-state index contributed by atoms with van der Waals surface area (Å²) in [5.41, 5.74) is 5.43. The van der Waals surface area contributed by atoms with Gasteiger partial charge in [-0.15, -0.1) is 23.8 Å². The van der Waals surface area contributed by atoms with Crippen LogP contribution >= 0.6 is 0 Å². The van der Waals surface area contributed by atoms with Crippen molar-refractivity contribution in [2.75, 3.05) is 0 Å². The second-order valence-electron chi connectivity index (χ2n) is 9.59. The summed E-state index contributed by atoms with van der Waals surface area (Å²) < 4.78 is 4.28. The first-order chi connectivity index (χ1) is 19.3. The minimum Gasteiger partial charge on any atom is -0.517 e. The van der Waals surface area contributed by atoms with E-state index in [0.717, 1.165) is 66.5 Å². The molecule has 0 aliphatic heterocycles. The van der Waals surface area contributed by atoms with Crippen LogP contribution in [-0.2, 0) is 21.1 Å². The van der Waals surface area contributed by atoms with E-state index in [1.165, 1.54) is 0 Å². The van der Waals surface area contributed by atoms with Crippen molar-refractivity contribution >= 4 is 43.7 Å². The number of benzene rings is 4. The number of fused-ring (bicyclic) bond motifs is 6. The van der Waals surface area contributed by atoms with Crippen molar-refractivity contribution in [3.05, 3.63) is 128 Å². The first-order valence-electron chi connectivity index (χ1n) is 12.8. The molecule has 0 fully saturated rings. The van der Waals surface area contributed by atoms with Crippen LogP contribution in [0.1, 0.15) is 0 Å². The molecule has 40 heavy (non-hydrogen) atoms. The maximum atomic E-state index is 10.5. The topological polar surface area (TPSA) is 55.9 Å². The third-order valence-electron chi connectivity index (χ3n) is 7.39. The van der Waals surface area contributed by atoms with Crippen molar-refractivity contribution in [1.29, 1.82) is 0 Å². The molecular formula is C34H21N4OPt-. The maximum Gasteiger partial charge on any atom is 0.149 e. The van der Waals surface area contributed by atoms with Gasteiger partial charge in [0.05, 0.1) is 11.3 Å². The molecule has 0 aliphatic carbocycles. The first-order valence-corrected chi connectivity index (χ1v) is 12.8. The van der Waals surface area contributed by atoms with Gasteiger partial charge in [-0.05, 0) is 53.4 Å². The Bertz CT molecular complexity index is 2200. The predicted molar refractivity (Wildman–Crippen MR) is 157 cm³/mol. The average molecular weight is 697 g/mol. The van der Waals surface area contributed by atoms with E-state index in [-0.39, 0.29) is 26.8 Å². The van der Waals surface area contributed by atoms with Crippen molar-refractivity contribution in [2.24, 2.45) is 0 Å². The fraction of sp³-hybridized carbons (Fsp3) is 0. The minimum absolute atomic E-state index is 0. The normalized spacial score (nSPS) is 11.4. The Morgan fingerprint density at radius 1 is 0.575 bits per heavy atom. The Hall–Kier alpha value is -4.73. The number of rotatable bonds is 3. The number of para-hydroxylation sites is 3. The van der Waals surface area contributed by atoms with E-state index in [2.05, 4.69) is 74.8 Å². The van der Waals surface area contributed by atoms with Crippen LogP contribution in [0.3, 0.4) is 0 Å². The number of hydrogen-bond acceptors (Lipinski definition) is 3. The number of hydrogen-bond donors (Lipinski definition) is 1. The summed E-state index contributed by atoms with van der Waals surface area (Å²) in [4.78, 5) is 9.92. The average Bonchev–Trinajstić information content (AvgIpc) is 3.50. The monoisotopic (exact) mass is 696 g/mol. The third-order valence-corrected chi connectivity index (χ3v) is 7.39. The molecule has 0 atom stereocenters. The molecule has 1 N–H and O–H groups in total. The molecule has 6 heteroatoms. The molecule has 0 saturated heterocycles. The van der Waals surface area contributed by atoms with Crippen molar-refractivity contribution in [3.8, 4) is 28.5 Å². The van der Waals surface area contributed by atoms with Gasteiger partial charge in [-0.3, -0.25) is 4.57 Å². The van der Waals surface area contributed by atoms with Gasteiger partial charge in [0.25, 0.3) is 0 Å². The molecule has 8 aromatic rings. The van der Waals surface area contributed by atoms with Crippen molar-refractivity contribution in [3.63, 3.8) is 0 Å². The Morgan fingerprint density at radius 3 is 2.02 bits per heavy atom. The SMILES string of the molecule is Oc1ccccc1-c1[c-]c2c(cc1)c1ccccc1n2-c1ccc2c3ccccc3n(-c3ccccn3)c2n1.[Pt]. The van der Waals surface area contributed by atoms with Crippen LogP contribution in [0, 0.1) is 6.07 Å². The molecule has 5 nitrogen and oxygen atoms in total. The second kappa shape index (κ2) is 9.48. The number of aromatic hydroxyl groups is 1. The van der Waals surface area contributed by atoms with E-state index < -0.39 is 0 Å². The molecule has 0 amide bonds. The summed E-state index contributed by atoms with van der Waals surface area (Å²) in [6, 6.07) is 41.9. The van der Waals surface area contributed by atoms with E-state index >= 15 is 0 Å². The van der Waals surface area contributed by atoms with Crippen molar-refractivity contribution in [1.82, 2.24) is 19.1 Å². The molecule has 0 spiro atoms. The summed E-state index contributed by atoms with van der Waals surface area (Å²) in [7, 11) is 0. The van der Waals surface area contributed by atoms with Gasteiger partial charge in [0.2, 0.25) is 0 Å². The molecule has 0 saturated carbocycles. The largest absolute Gasteiger partial charge is 0.517 e. The fourth-order valence-corrected chi connectivity index (χ4v) is 5.66. The molecule has 8 rings (SSSR count). The van der Waals surface area contributed by atoms with Crippen LogP contribution in [0.25, 0.3) is 66.5 Å².